The van der Waals surface area contributed by atoms with E-state index >= 15 is 0 Å². The first-order valence-corrected chi connectivity index (χ1v) is 13.2. The van der Waals surface area contributed by atoms with Gasteiger partial charge in [-0.2, -0.15) is 4.31 Å². The lowest BCUT2D eigenvalue weighted by molar-refractivity contribution is -0.0891. The molecule has 1 aliphatic heterocycles. The van der Waals surface area contributed by atoms with Crippen LogP contribution in [0.5, 0.6) is 0 Å². The second kappa shape index (κ2) is 10.7. The van der Waals surface area contributed by atoms with E-state index in [2.05, 4.69) is 4.90 Å². The highest BCUT2D eigenvalue weighted by Crippen LogP contribution is 2.44. The van der Waals surface area contributed by atoms with E-state index in [1.807, 2.05) is 32.9 Å². The van der Waals surface area contributed by atoms with Crippen molar-refractivity contribution in [3.8, 4) is 0 Å². The van der Waals surface area contributed by atoms with Crippen molar-refractivity contribution < 1.29 is 22.0 Å². The second-order valence-electron chi connectivity index (χ2n) is 9.56. The van der Waals surface area contributed by atoms with Gasteiger partial charge in [-0.15, -0.1) is 12.4 Å². The lowest BCUT2D eigenvalue weighted by Crippen LogP contribution is -2.60. The zero-order chi connectivity index (χ0) is 23.7. The Hall–Kier alpha value is -1.09. The zero-order valence-corrected chi connectivity index (χ0v) is 21.8. The number of aryl methyl sites for hydroxylation is 3. The largest absolute Gasteiger partial charge is 0.295 e. The number of carbonyl (C=O) groups is 1. The van der Waals surface area contributed by atoms with Crippen molar-refractivity contribution in [2.24, 2.45) is 0 Å². The molecule has 1 saturated carbocycles. The maximum absolute atomic E-state index is 14.0. The van der Waals surface area contributed by atoms with Crippen molar-refractivity contribution in [2.75, 3.05) is 31.9 Å². The number of hydrogen-bond acceptors (Lipinski definition) is 4. The molecule has 3 rings (SSSR count). The topological polar surface area (TPSA) is 57.7 Å². The van der Waals surface area contributed by atoms with Gasteiger partial charge in [0.2, 0.25) is 15.9 Å². The highest BCUT2D eigenvalue weighted by molar-refractivity contribution is 7.89. The van der Waals surface area contributed by atoms with E-state index in [4.69, 9.17) is 0 Å². The molecule has 2 aliphatic rings. The van der Waals surface area contributed by atoms with Crippen molar-refractivity contribution >= 4 is 28.2 Å². The minimum Gasteiger partial charge on any atom is -0.295 e. The van der Waals surface area contributed by atoms with E-state index in [0.717, 1.165) is 22.3 Å². The van der Waals surface area contributed by atoms with Crippen molar-refractivity contribution in [3.63, 3.8) is 0 Å². The molecule has 33 heavy (non-hydrogen) atoms. The summed E-state index contributed by atoms with van der Waals surface area (Å²) in [7, 11) is -3.26. The van der Waals surface area contributed by atoms with Crippen LogP contribution in [-0.2, 0) is 10.0 Å². The van der Waals surface area contributed by atoms with Gasteiger partial charge >= 0.3 is 0 Å². The maximum atomic E-state index is 14.0. The molecule has 2 fully saturated rings. The minimum atomic E-state index is -3.26. The van der Waals surface area contributed by atoms with Gasteiger partial charge in [0.05, 0.1) is 5.75 Å². The summed E-state index contributed by atoms with van der Waals surface area (Å²) < 4.78 is 54.0. The molecule has 0 atom stereocenters. The Morgan fingerprint density at radius 2 is 1.48 bits per heavy atom. The Kier molecular flexibility index (Phi) is 9.10. The van der Waals surface area contributed by atoms with Crippen LogP contribution in [0, 0.1) is 20.8 Å². The molecule has 0 N–H and O–H groups in total. The number of sulfonamides is 1. The number of piperazine rings is 1. The molecule has 0 aromatic heterocycles. The number of alkyl halides is 2. The first-order chi connectivity index (χ1) is 14.9. The molecule has 1 saturated heterocycles. The monoisotopic (exact) mass is 506 g/mol. The summed E-state index contributed by atoms with van der Waals surface area (Å²) in [6.07, 6.45) is 1.13. The molecule has 188 valence electrons. The van der Waals surface area contributed by atoms with Crippen LogP contribution in [0.4, 0.5) is 8.78 Å². The van der Waals surface area contributed by atoms with Crippen LogP contribution in [0.25, 0.3) is 0 Å². The smallest absolute Gasteiger partial charge is 0.248 e. The third-order valence-corrected chi connectivity index (χ3v) is 9.23. The summed E-state index contributed by atoms with van der Waals surface area (Å²) >= 11 is 0. The van der Waals surface area contributed by atoms with Crippen molar-refractivity contribution in [1.29, 1.82) is 0 Å². The number of halogens is 3. The average molecular weight is 507 g/mol. The number of nitrogens with zero attached hydrogens (tertiary/aromatic N) is 2. The van der Waals surface area contributed by atoms with Crippen LogP contribution < -0.4 is 0 Å². The van der Waals surface area contributed by atoms with Crippen LogP contribution in [-0.4, -0.2) is 66.8 Å². The molecule has 1 aromatic carbocycles. The molecule has 9 heteroatoms. The first-order valence-electron chi connectivity index (χ1n) is 11.6. The Morgan fingerprint density at radius 3 is 1.97 bits per heavy atom. The molecule has 5 nitrogen and oxygen atoms in total. The van der Waals surface area contributed by atoms with Gasteiger partial charge in [0.25, 0.3) is 0 Å². The lowest BCUT2D eigenvalue weighted by Gasteiger charge is -2.51. The number of hydrogen-bond donors (Lipinski definition) is 0. The van der Waals surface area contributed by atoms with Gasteiger partial charge in [-0.1, -0.05) is 17.7 Å². The van der Waals surface area contributed by atoms with Crippen LogP contribution in [0.2, 0.25) is 0 Å². The standard InChI is InChI=1S/C24H36F2N2O3S.ClH/c1-5-32(30,31)28-14-12-27(13-15-28)23(8-10-24(25,26)11-9-23)7-6-21(29)22-19(3)16-18(2)17-20(22)4;/h16-17H,5-15H2,1-4H3;1H. The van der Waals surface area contributed by atoms with E-state index in [9.17, 15) is 22.0 Å². The fraction of sp³-hybridized carbons (Fsp3) is 0.708. The number of benzene rings is 1. The molecular formula is C24H37ClF2N2O3S. The summed E-state index contributed by atoms with van der Waals surface area (Å²) in [5.74, 6) is -2.54. The molecule has 0 unspecified atom stereocenters. The predicted octanol–water partition coefficient (Wildman–Crippen LogP) is 4.91. The summed E-state index contributed by atoms with van der Waals surface area (Å²) in [6, 6.07) is 4.01. The SMILES string of the molecule is CCS(=O)(=O)N1CCN(C2(CCC(=O)c3c(C)cc(C)cc3C)CCC(F)(F)CC2)CC1.Cl. The highest BCUT2D eigenvalue weighted by Gasteiger charge is 2.47. The van der Waals surface area contributed by atoms with Gasteiger partial charge in [0.1, 0.15) is 0 Å². The van der Waals surface area contributed by atoms with Crippen LogP contribution in [0.3, 0.4) is 0 Å². The van der Waals surface area contributed by atoms with E-state index < -0.39 is 21.5 Å². The Labute approximate surface area is 203 Å². The normalized spacial score (nSPS) is 21.4. The van der Waals surface area contributed by atoms with Crippen molar-refractivity contribution in [1.82, 2.24) is 9.21 Å². The van der Waals surface area contributed by atoms with Crippen molar-refractivity contribution in [2.45, 2.75) is 77.7 Å². The molecule has 0 radical (unpaired) electrons. The minimum absolute atomic E-state index is 0. The molecule has 1 aromatic rings. The van der Waals surface area contributed by atoms with Gasteiger partial charge < -0.3 is 0 Å². The molecular weight excluding hydrogens is 470 g/mol. The summed E-state index contributed by atoms with van der Waals surface area (Å²) in [6.45, 7) is 9.30. The highest BCUT2D eigenvalue weighted by atomic mass is 35.5. The van der Waals surface area contributed by atoms with Gasteiger partial charge in [0, 0.05) is 56.5 Å². The maximum Gasteiger partial charge on any atom is 0.248 e. The Morgan fingerprint density at radius 1 is 0.970 bits per heavy atom. The van der Waals surface area contributed by atoms with E-state index in [1.165, 1.54) is 4.31 Å². The van der Waals surface area contributed by atoms with Gasteiger partial charge in [0.15, 0.2) is 5.78 Å². The fourth-order valence-corrected chi connectivity index (χ4v) is 6.60. The molecule has 1 heterocycles. The number of Topliss-reactive ketones (excluding diaryl/α,β-unsaturated/α-hetero) is 1. The molecule has 1 aliphatic carbocycles. The molecule has 0 bridgehead atoms. The van der Waals surface area contributed by atoms with Gasteiger partial charge in [-0.3, -0.25) is 9.69 Å². The summed E-state index contributed by atoms with van der Waals surface area (Å²) in [5.41, 5.74) is 3.28. The summed E-state index contributed by atoms with van der Waals surface area (Å²) in [4.78, 5) is 15.3. The fourth-order valence-electron chi connectivity index (χ4n) is 5.52. The number of carbonyl (C=O) groups excluding carboxylic acids is 1. The summed E-state index contributed by atoms with van der Waals surface area (Å²) in [5, 5.41) is 0. The average Bonchev–Trinajstić information content (AvgIpc) is 2.73. The Bertz CT molecular complexity index is 927. The van der Waals surface area contributed by atoms with Gasteiger partial charge in [-0.05, 0) is 58.1 Å². The zero-order valence-electron chi connectivity index (χ0n) is 20.1. The predicted molar refractivity (Wildman–Crippen MR) is 130 cm³/mol. The van der Waals surface area contributed by atoms with E-state index in [-0.39, 0.29) is 36.8 Å². The Balaban J connectivity index is 0.00000385. The number of ketones is 1. The van der Waals surface area contributed by atoms with Gasteiger partial charge in [-0.25, -0.2) is 17.2 Å². The first kappa shape index (κ1) is 28.1. The van der Waals surface area contributed by atoms with Crippen LogP contribution in [0.15, 0.2) is 12.1 Å². The van der Waals surface area contributed by atoms with Crippen LogP contribution in [0.1, 0.15) is 72.5 Å². The third kappa shape index (κ3) is 6.32. The number of rotatable bonds is 7. The van der Waals surface area contributed by atoms with E-state index in [1.54, 1.807) is 6.92 Å². The molecule has 0 spiro atoms. The molecule has 0 amide bonds. The second-order valence-corrected chi connectivity index (χ2v) is 11.8. The van der Waals surface area contributed by atoms with E-state index in [0.29, 0.717) is 51.9 Å². The van der Waals surface area contributed by atoms with Crippen molar-refractivity contribution in [3.05, 3.63) is 34.4 Å². The quantitative estimate of drug-likeness (QED) is 0.493. The third-order valence-electron chi connectivity index (χ3n) is 7.35. The lowest BCUT2D eigenvalue weighted by atomic mass is 9.74. The van der Waals surface area contributed by atoms with Crippen LogP contribution >= 0.6 is 12.4 Å².